The molecule has 1 aliphatic carbocycles. The van der Waals surface area contributed by atoms with Crippen molar-refractivity contribution in [2.75, 3.05) is 0 Å². The number of rotatable bonds is 8. The molecule has 2 aromatic rings. The van der Waals surface area contributed by atoms with Crippen LogP contribution in [0.15, 0.2) is 54.6 Å². The van der Waals surface area contributed by atoms with Crippen molar-refractivity contribution in [3.8, 4) is 0 Å². The Bertz CT molecular complexity index is 837. The van der Waals surface area contributed by atoms with Gasteiger partial charge in [-0.3, -0.25) is 14.4 Å². The highest BCUT2D eigenvalue weighted by atomic mass is 16.4. The zero-order chi connectivity index (χ0) is 20.1. The minimum atomic E-state index is -1.14. The first-order valence-corrected chi connectivity index (χ1v) is 9.63. The molecular weight excluding hydrogens is 354 g/mol. The summed E-state index contributed by atoms with van der Waals surface area (Å²) < 4.78 is 0. The highest BCUT2D eigenvalue weighted by Gasteiger charge is 2.33. The van der Waals surface area contributed by atoms with Crippen LogP contribution >= 0.6 is 0 Å². The molecule has 0 aromatic heterocycles. The lowest BCUT2D eigenvalue weighted by atomic mass is 9.92. The number of ketones is 1. The normalized spacial score (nSPS) is 15.5. The Morgan fingerprint density at radius 3 is 2.14 bits per heavy atom. The number of hydrogen-bond donors (Lipinski definition) is 2. The van der Waals surface area contributed by atoms with Gasteiger partial charge in [0, 0.05) is 5.92 Å². The summed E-state index contributed by atoms with van der Waals surface area (Å²) in [5.41, 5.74) is 3.31. The molecule has 5 heteroatoms. The Kier molecular flexibility index (Phi) is 6.24. The fourth-order valence-corrected chi connectivity index (χ4v) is 3.79. The van der Waals surface area contributed by atoms with Gasteiger partial charge in [0.1, 0.15) is 5.92 Å². The molecule has 1 aliphatic rings. The second kappa shape index (κ2) is 8.83. The number of fused-ring (bicyclic) bond motifs is 1. The van der Waals surface area contributed by atoms with Gasteiger partial charge < -0.3 is 10.4 Å². The van der Waals surface area contributed by atoms with E-state index in [0.29, 0.717) is 19.3 Å². The smallest absolute Gasteiger partial charge is 0.314 e. The average Bonchev–Trinajstić information content (AvgIpc) is 3.13. The van der Waals surface area contributed by atoms with Gasteiger partial charge in [-0.15, -0.1) is 0 Å². The fourth-order valence-electron chi connectivity index (χ4n) is 3.79. The number of aryl methyl sites for hydroxylation is 1. The molecule has 28 heavy (non-hydrogen) atoms. The third kappa shape index (κ3) is 4.66. The zero-order valence-electron chi connectivity index (χ0n) is 15.9. The molecule has 0 saturated heterocycles. The molecule has 1 amide bonds. The summed E-state index contributed by atoms with van der Waals surface area (Å²) in [5.74, 6) is -3.12. The maximum Gasteiger partial charge on any atom is 0.314 e. The third-order valence-electron chi connectivity index (χ3n) is 5.41. The minimum Gasteiger partial charge on any atom is -0.481 e. The topological polar surface area (TPSA) is 83.5 Å². The largest absolute Gasteiger partial charge is 0.481 e. The predicted molar refractivity (Wildman–Crippen MR) is 106 cm³/mol. The quantitative estimate of drug-likeness (QED) is 0.691. The number of hydrogen-bond acceptors (Lipinski definition) is 3. The number of benzene rings is 2. The number of amides is 1. The van der Waals surface area contributed by atoms with Crippen LogP contribution in [0.25, 0.3) is 0 Å². The average molecular weight is 379 g/mol. The number of Topliss-reactive ketones (excluding diaryl/α,β-unsaturated/α-hetero) is 1. The molecule has 2 unspecified atom stereocenters. The first kappa shape index (κ1) is 19.8. The molecule has 146 valence electrons. The summed E-state index contributed by atoms with van der Waals surface area (Å²) in [6, 6.07) is 16.6. The zero-order valence-corrected chi connectivity index (χ0v) is 15.9. The molecule has 0 aliphatic heterocycles. The van der Waals surface area contributed by atoms with Crippen LogP contribution in [0.1, 0.15) is 30.0 Å². The molecule has 2 atom stereocenters. The Balaban J connectivity index is 1.57. The van der Waals surface area contributed by atoms with Gasteiger partial charge >= 0.3 is 5.97 Å². The van der Waals surface area contributed by atoms with Crippen LogP contribution < -0.4 is 5.32 Å². The van der Waals surface area contributed by atoms with Crippen molar-refractivity contribution < 1.29 is 19.5 Å². The fraction of sp³-hybridized carbons (Fsp3) is 0.348. The molecule has 0 spiro atoms. The van der Waals surface area contributed by atoms with E-state index in [1.54, 1.807) is 6.92 Å². The Morgan fingerprint density at radius 2 is 1.57 bits per heavy atom. The molecule has 3 rings (SSSR count). The predicted octanol–water partition coefficient (Wildman–Crippen LogP) is 2.81. The lowest BCUT2D eigenvalue weighted by Gasteiger charge is -2.20. The highest BCUT2D eigenvalue weighted by Crippen LogP contribution is 2.26. The molecule has 0 radical (unpaired) electrons. The summed E-state index contributed by atoms with van der Waals surface area (Å²) in [6.45, 7) is 1.57. The summed E-state index contributed by atoms with van der Waals surface area (Å²) in [6.07, 6.45) is 2.02. The second-order valence-electron chi connectivity index (χ2n) is 7.42. The molecule has 0 bridgehead atoms. The van der Waals surface area contributed by atoms with E-state index < -0.39 is 23.7 Å². The highest BCUT2D eigenvalue weighted by molar-refractivity contribution is 6.02. The first-order valence-electron chi connectivity index (χ1n) is 9.63. The van der Waals surface area contributed by atoms with E-state index in [0.717, 1.165) is 16.7 Å². The second-order valence-corrected chi connectivity index (χ2v) is 7.42. The Hall–Kier alpha value is -2.95. The van der Waals surface area contributed by atoms with Crippen LogP contribution in [-0.2, 0) is 33.6 Å². The van der Waals surface area contributed by atoms with Crippen LogP contribution in [0, 0.1) is 11.8 Å². The van der Waals surface area contributed by atoms with Crippen LogP contribution in [0.5, 0.6) is 0 Å². The van der Waals surface area contributed by atoms with Crippen molar-refractivity contribution in [1.29, 1.82) is 0 Å². The minimum absolute atomic E-state index is 0.191. The molecule has 2 N–H and O–H groups in total. The van der Waals surface area contributed by atoms with E-state index in [-0.39, 0.29) is 18.2 Å². The number of carboxylic acid groups (broad SMARTS) is 1. The van der Waals surface area contributed by atoms with Crippen LogP contribution in [0.3, 0.4) is 0 Å². The Morgan fingerprint density at radius 1 is 1.00 bits per heavy atom. The summed E-state index contributed by atoms with van der Waals surface area (Å²) in [5, 5.41) is 12.2. The van der Waals surface area contributed by atoms with E-state index in [1.807, 2.05) is 54.6 Å². The summed E-state index contributed by atoms with van der Waals surface area (Å²) in [4.78, 5) is 36.9. The van der Waals surface area contributed by atoms with Gasteiger partial charge in [-0.25, -0.2) is 0 Å². The number of carbonyl (C=O) groups excluding carboxylic acids is 2. The van der Waals surface area contributed by atoms with E-state index in [2.05, 4.69) is 5.32 Å². The van der Waals surface area contributed by atoms with E-state index in [9.17, 15) is 19.5 Å². The van der Waals surface area contributed by atoms with E-state index >= 15 is 0 Å². The van der Waals surface area contributed by atoms with Crippen molar-refractivity contribution in [3.05, 3.63) is 71.3 Å². The van der Waals surface area contributed by atoms with Gasteiger partial charge in [0.05, 0.1) is 6.04 Å². The van der Waals surface area contributed by atoms with E-state index in [4.69, 9.17) is 0 Å². The van der Waals surface area contributed by atoms with Crippen LogP contribution in [0.4, 0.5) is 0 Å². The van der Waals surface area contributed by atoms with Gasteiger partial charge in [0.2, 0.25) is 5.91 Å². The van der Waals surface area contributed by atoms with Crippen molar-refractivity contribution in [3.63, 3.8) is 0 Å². The molecule has 5 nitrogen and oxygen atoms in total. The molecule has 0 fully saturated rings. The summed E-state index contributed by atoms with van der Waals surface area (Å²) in [7, 11) is 0. The van der Waals surface area contributed by atoms with Gasteiger partial charge in [-0.05, 0) is 49.3 Å². The lowest BCUT2D eigenvalue weighted by molar-refractivity contribution is -0.147. The van der Waals surface area contributed by atoms with Gasteiger partial charge in [0.15, 0.2) is 5.78 Å². The number of carbonyl (C=O) groups is 3. The lowest BCUT2D eigenvalue weighted by Crippen LogP contribution is -2.45. The first-order chi connectivity index (χ1) is 13.5. The van der Waals surface area contributed by atoms with Crippen molar-refractivity contribution in [2.24, 2.45) is 11.8 Å². The maximum atomic E-state index is 12.7. The van der Waals surface area contributed by atoms with Crippen molar-refractivity contribution in [1.82, 2.24) is 5.32 Å². The molecule has 0 saturated carbocycles. The van der Waals surface area contributed by atoms with Gasteiger partial charge in [0.25, 0.3) is 0 Å². The Labute approximate surface area is 164 Å². The molecular formula is C23H25NO4. The van der Waals surface area contributed by atoms with Crippen molar-refractivity contribution >= 4 is 17.7 Å². The summed E-state index contributed by atoms with van der Waals surface area (Å²) >= 11 is 0. The van der Waals surface area contributed by atoms with Gasteiger partial charge in [-0.2, -0.15) is 0 Å². The van der Waals surface area contributed by atoms with Gasteiger partial charge in [-0.1, -0.05) is 54.6 Å². The number of nitrogens with one attached hydrogen (secondary N) is 1. The maximum absolute atomic E-state index is 12.7. The standard InChI is InChI=1S/C23H25NO4/c1-15(24-22(26)19-13-17-9-5-6-10-18(17)14-19)21(25)20(23(27)28)12-11-16-7-3-2-4-8-16/h2-10,15,19-20H,11-14H2,1H3,(H,24,26)(H,27,28). The SMILES string of the molecule is CC(NC(=O)C1Cc2ccccc2C1)C(=O)C(CCc1ccccc1)C(=O)O. The number of carboxylic acids is 1. The van der Waals surface area contributed by atoms with E-state index in [1.165, 1.54) is 0 Å². The number of aliphatic carboxylic acids is 1. The van der Waals surface area contributed by atoms with Crippen LogP contribution in [-0.4, -0.2) is 28.8 Å². The van der Waals surface area contributed by atoms with Crippen LogP contribution in [0.2, 0.25) is 0 Å². The molecule has 0 heterocycles. The molecule has 2 aromatic carbocycles. The third-order valence-corrected chi connectivity index (χ3v) is 5.41. The monoisotopic (exact) mass is 379 g/mol. The van der Waals surface area contributed by atoms with Crippen molar-refractivity contribution in [2.45, 2.75) is 38.6 Å².